The highest BCUT2D eigenvalue weighted by Crippen LogP contribution is 2.24. The highest BCUT2D eigenvalue weighted by atomic mass is 35.5. The Bertz CT molecular complexity index is 779. The van der Waals surface area contributed by atoms with Crippen molar-refractivity contribution in [2.75, 3.05) is 19.7 Å². The Hall–Kier alpha value is -1.72. The summed E-state index contributed by atoms with van der Waals surface area (Å²) < 4.78 is 9.83. The Labute approximate surface area is 180 Å². The number of nitrogens with one attached hydrogen (secondary N) is 1. The third-order valence-corrected chi connectivity index (χ3v) is 4.67. The largest absolute Gasteiger partial charge is 0.494 e. The number of ether oxygens (including phenoxy) is 1. The molecule has 7 heteroatoms. The fraction of sp³-hybridized carbons (Fsp3) is 0.286. The average molecular weight is 443 g/mol. The highest BCUT2D eigenvalue weighted by Gasteiger charge is 2.02. The molecule has 4 nitrogen and oxygen atoms in total. The summed E-state index contributed by atoms with van der Waals surface area (Å²) in [6.07, 6.45) is 5.91. The van der Waals surface area contributed by atoms with Crippen molar-refractivity contribution in [1.82, 2.24) is 5.32 Å². The number of hydrogen-bond acceptors (Lipinski definition) is 4. The maximum absolute atomic E-state index is 10.9. The van der Waals surface area contributed by atoms with Gasteiger partial charge in [-0.2, -0.15) is 0 Å². The smallest absolute Gasteiger partial charge is 0.326 e. The van der Waals surface area contributed by atoms with E-state index in [4.69, 9.17) is 39.8 Å². The summed E-state index contributed by atoms with van der Waals surface area (Å²) in [7, 11) is 0. The van der Waals surface area contributed by atoms with E-state index in [0.717, 1.165) is 29.2 Å². The lowest BCUT2D eigenvalue weighted by Gasteiger charge is -2.08. The van der Waals surface area contributed by atoms with Crippen LogP contribution in [0.2, 0.25) is 10.0 Å². The molecule has 0 spiro atoms. The predicted molar refractivity (Wildman–Crippen MR) is 115 cm³/mol. The van der Waals surface area contributed by atoms with Crippen molar-refractivity contribution in [3.63, 3.8) is 0 Å². The lowest BCUT2D eigenvalue weighted by molar-refractivity contribution is -0.133. The van der Waals surface area contributed by atoms with Gasteiger partial charge in [0.25, 0.3) is 0 Å². The summed E-state index contributed by atoms with van der Waals surface area (Å²) in [5.74, 6) is 0.293. The molecule has 0 saturated carbocycles. The van der Waals surface area contributed by atoms with E-state index in [2.05, 4.69) is 9.61 Å². The van der Waals surface area contributed by atoms with E-state index in [1.165, 1.54) is 5.56 Å². The number of benzene rings is 2. The lowest BCUT2D eigenvalue weighted by atomic mass is 10.1. The summed E-state index contributed by atoms with van der Waals surface area (Å²) >= 11 is 17.2. The molecule has 0 aliphatic rings. The second kappa shape index (κ2) is 12.7. The van der Waals surface area contributed by atoms with Crippen LogP contribution in [0.1, 0.15) is 24.0 Å². The van der Waals surface area contributed by atoms with Crippen molar-refractivity contribution in [1.29, 1.82) is 0 Å². The van der Waals surface area contributed by atoms with E-state index in [1.807, 2.05) is 54.6 Å². The lowest BCUT2D eigenvalue weighted by Crippen LogP contribution is -2.18. The van der Waals surface area contributed by atoms with Crippen molar-refractivity contribution >= 4 is 47.1 Å². The van der Waals surface area contributed by atoms with E-state index >= 15 is 0 Å². The van der Waals surface area contributed by atoms with Gasteiger partial charge in [0.2, 0.25) is 0 Å². The Morgan fingerprint density at radius 3 is 2.61 bits per heavy atom. The van der Waals surface area contributed by atoms with Crippen molar-refractivity contribution < 1.29 is 13.8 Å². The molecule has 0 bridgehead atoms. The van der Waals surface area contributed by atoms with Crippen LogP contribution in [-0.2, 0) is 15.5 Å². The van der Waals surface area contributed by atoms with Gasteiger partial charge in [-0.1, -0.05) is 47.5 Å². The Balaban J connectivity index is 1.70. The van der Waals surface area contributed by atoms with Crippen molar-refractivity contribution in [3.05, 3.63) is 69.7 Å². The summed E-state index contributed by atoms with van der Waals surface area (Å²) in [6, 6.07) is 13.5. The molecular formula is C21H22Cl3NO3. The molecule has 0 atom stereocenters. The van der Waals surface area contributed by atoms with Crippen LogP contribution in [0.3, 0.4) is 0 Å². The minimum absolute atomic E-state index is 0.224. The predicted octanol–water partition coefficient (Wildman–Crippen LogP) is 5.69. The highest BCUT2D eigenvalue weighted by molar-refractivity contribution is 6.32. The average Bonchev–Trinajstić information content (AvgIpc) is 2.70. The van der Waals surface area contributed by atoms with Gasteiger partial charge >= 0.3 is 5.97 Å². The first-order valence-electron chi connectivity index (χ1n) is 8.94. The minimum Gasteiger partial charge on any atom is -0.494 e. The summed E-state index contributed by atoms with van der Waals surface area (Å²) in [4.78, 5) is 10.9. The number of rotatable bonds is 11. The van der Waals surface area contributed by atoms with Crippen molar-refractivity contribution in [2.24, 2.45) is 0 Å². The number of halogens is 3. The van der Waals surface area contributed by atoms with Gasteiger partial charge in [-0.25, -0.2) is 0 Å². The molecule has 0 fully saturated rings. The Morgan fingerprint density at radius 2 is 1.89 bits per heavy atom. The quantitative estimate of drug-likeness (QED) is 0.454. The fourth-order valence-corrected chi connectivity index (χ4v) is 2.89. The first kappa shape index (κ1) is 22.6. The van der Waals surface area contributed by atoms with Crippen molar-refractivity contribution in [3.8, 4) is 5.75 Å². The Morgan fingerprint density at radius 1 is 1.11 bits per heavy atom. The number of hydrogen-bond donors (Lipinski definition) is 1. The topological polar surface area (TPSA) is 47.6 Å². The van der Waals surface area contributed by atoms with Crippen LogP contribution < -0.4 is 10.1 Å². The maximum Gasteiger partial charge on any atom is 0.326 e. The van der Waals surface area contributed by atoms with Gasteiger partial charge in [0.05, 0.1) is 18.1 Å². The molecule has 2 aromatic rings. The molecule has 0 unspecified atom stereocenters. The van der Waals surface area contributed by atoms with Gasteiger partial charge in [-0.3, -0.25) is 4.79 Å². The van der Waals surface area contributed by atoms with E-state index < -0.39 is 5.97 Å². The minimum atomic E-state index is -0.454. The zero-order valence-corrected chi connectivity index (χ0v) is 17.6. The first-order valence-corrected chi connectivity index (χ1v) is 10.0. The molecule has 0 saturated heterocycles. The van der Waals surface area contributed by atoms with Crippen LogP contribution in [0, 0.1) is 0 Å². The van der Waals surface area contributed by atoms with Gasteiger partial charge in [-0.15, -0.1) is 0 Å². The molecule has 2 aromatic carbocycles. The molecule has 2 rings (SSSR count). The summed E-state index contributed by atoms with van der Waals surface area (Å²) in [6.45, 7) is 1.71. The molecule has 0 amide bonds. The van der Waals surface area contributed by atoms with Gasteiger partial charge in [0.1, 0.15) is 17.6 Å². The zero-order chi connectivity index (χ0) is 20.2. The molecule has 28 heavy (non-hydrogen) atoms. The van der Waals surface area contributed by atoms with Gasteiger partial charge in [0, 0.05) is 18.1 Å². The van der Waals surface area contributed by atoms with Crippen molar-refractivity contribution in [2.45, 2.75) is 19.3 Å². The molecule has 1 N–H and O–H groups in total. The summed E-state index contributed by atoms with van der Waals surface area (Å²) in [5.41, 5.74) is 2.14. The molecule has 0 heterocycles. The molecule has 0 aliphatic carbocycles. The van der Waals surface area contributed by atoms with Crippen LogP contribution in [0.5, 0.6) is 5.75 Å². The fourth-order valence-electron chi connectivity index (χ4n) is 2.45. The normalized spacial score (nSPS) is 11.0. The van der Waals surface area contributed by atoms with Crippen LogP contribution >= 0.6 is 35.1 Å². The van der Waals surface area contributed by atoms with Crippen LogP contribution in [0.25, 0.3) is 6.08 Å². The standard InChI is InChI=1S/C21H22Cl3NO3/c22-18-8-5-16(6-9-18)3-2-14-27-19-10-7-17(20(23)15-19)4-1-12-25-13-11-21(26)28-24/h1,4-10,15,25H,2-3,11-14H2/b4-1+. The summed E-state index contributed by atoms with van der Waals surface area (Å²) in [5, 5.41) is 4.45. The third-order valence-electron chi connectivity index (χ3n) is 3.92. The number of carbonyl (C=O) groups excluding carboxylic acids is 1. The van der Waals surface area contributed by atoms with Crippen LogP contribution in [0.4, 0.5) is 0 Å². The SMILES string of the molecule is O=C(CCNC/C=C/c1ccc(OCCCc2ccc(Cl)cc2)cc1Cl)OCl. The van der Waals surface area contributed by atoms with E-state index in [0.29, 0.717) is 24.7 Å². The molecule has 150 valence electrons. The second-order valence-corrected chi connectivity index (χ2v) is 7.07. The molecular weight excluding hydrogens is 421 g/mol. The zero-order valence-electron chi connectivity index (χ0n) is 15.3. The molecule has 0 radical (unpaired) electrons. The second-order valence-electron chi connectivity index (χ2n) is 6.07. The van der Waals surface area contributed by atoms with Gasteiger partial charge < -0.3 is 14.3 Å². The van der Waals surface area contributed by atoms with Crippen LogP contribution in [0.15, 0.2) is 48.5 Å². The van der Waals surface area contributed by atoms with E-state index in [1.54, 1.807) is 0 Å². The monoisotopic (exact) mass is 441 g/mol. The first-order chi connectivity index (χ1) is 13.6. The Kier molecular flexibility index (Phi) is 10.2. The van der Waals surface area contributed by atoms with E-state index in [-0.39, 0.29) is 6.42 Å². The molecule has 0 aliphatic heterocycles. The van der Waals surface area contributed by atoms with Gasteiger partial charge in [0.15, 0.2) is 0 Å². The van der Waals surface area contributed by atoms with Crippen LogP contribution in [-0.4, -0.2) is 25.7 Å². The third kappa shape index (κ3) is 8.53. The molecule has 0 aromatic heterocycles. The number of carbonyl (C=O) groups is 1. The number of aryl methyl sites for hydroxylation is 1. The van der Waals surface area contributed by atoms with E-state index in [9.17, 15) is 4.79 Å². The maximum atomic E-state index is 10.9. The van der Waals surface area contributed by atoms with Gasteiger partial charge in [-0.05, 0) is 54.3 Å².